The molecule has 6 heteroatoms. The van der Waals surface area contributed by atoms with Crippen molar-refractivity contribution < 1.29 is 19.3 Å². The van der Waals surface area contributed by atoms with Gasteiger partial charge in [0.15, 0.2) is 9.84 Å². The summed E-state index contributed by atoms with van der Waals surface area (Å²) in [7, 11) is -3.12. The summed E-state index contributed by atoms with van der Waals surface area (Å²) >= 11 is 2.89. The molecule has 0 saturated carbocycles. The van der Waals surface area contributed by atoms with E-state index >= 15 is 0 Å². The Morgan fingerprint density at radius 3 is 2.20 bits per heavy atom. The highest BCUT2D eigenvalue weighted by Crippen LogP contribution is 2.23. The number of rotatable bonds is 0. The van der Waals surface area contributed by atoms with Gasteiger partial charge in [0.2, 0.25) is 0 Å². The van der Waals surface area contributed by atoms with Crippen molar-refractivity contribution in [3.05, 3.63) is 0 Å². The Morgan fingerprint density at radius 1 is 1.60 bits per heavy atom. The van der Waals surface area contributed by atoms with Crippen LogP contribution in [0.15, 0.2) is 0 Å². The molecule has 0 radical (unpaired) electrons. The molecule has 1 heterocycles. The first-order valence-electron chi connectivity index (χ1n) is 2.82. The molecule has 1 saturated heterocycles. The second-order valence-electron chi connectivity index (χ2n) is 2.43. The number of sulfone groups is 1. The van der Waals surface area contributed by atoms with Crippen molar-refractivity contribution in [3.63, 3.8) is 0 Å². The molecular weight excluding hydrogens is 222 g/mol. The normalized spacial score (nSPS) is 45.7. The highest BCUT2D eigenvalue weighted by atomic mass is 79.9. The van der Waals surface area contributed by atoms with Crippen LogP contribution in [0.3, 0.4) is 0 Å². The molecule has 1 aliphatic rings. The standard InChI is InChI=1S/C4H8BrNO3S/c5-4-3(7)2(6)1-10(4,8)9/h2-4,7H,1,6H2/p+1/t2-,3-,4+/m0/s1. The van der Waals surface area contributed by atoms with Gasteiger partial charge < -0.3 is 10.8 Å². The number of hydrogen-bond donors (Lipinski definition) is 2. The predicted molar refractivity (Wildman–Crippen MR) is 39.2 cm³/mol. The highest BCUT2D eigenvalue weighted by Gasteiger charge is 2.45. The summed E-state index contributed by atoms with van der Waals surface area (Å²) in [5.74, 6) is -0.0237. The van der Waals surface area contributed by atoms with E-state index in [-0.39, 0.29) is 5.75 Å². The van der Waals surface area contributed by atoms with E-state index in [0.717, 1.165) is 0 Å². The summed E-state index contributed by atoms with van der Waals surface area (Å²) in [6.07, 6.45) is -0.856. The van der Waals surface area contributed by atoms with Crippen LogP contribution in [0.25, 0.3) is 0 Å². The van der Waals surface area contributed by atoms with Crippen LogP contribution in [-0.4, -0.2) is 35.6 Å². The van der Waals surface area contributed by atoms with Crippen LogP contribution in [0.5, 0.6) is 0 Å². The maximum atomic E-state index is 10.9. The fourth-order valence-corrected chi connectivity index (χ4v) is 3.43. The minimum atomic E-state index is -3.12. The van der Waals surface area contributed by atoms with Crippen LogP contribution >= 0.6 is 15.9 Å². The van der Waals surface area contributed by atoms with Gasteiger partial charge in [-0.25, -0.2) is 8.42 Å². The molecular formula is C4H9BrNO3S+. The van der Waals surface area contributed by atoms with E-state index in [1.165, 1.54) is 0 Å². The number of halogens is 1. The van der Waals surface area contributed by atoms with E-state index in [4.69, 9.17) is 5.11 Å². The molecule has 4 nitrogen and oxygen atoms in total. The van der Waals surface area contributed by atoms with Gasteiger partial charge in [-0.15, -0.1) is 0 Å². The maximum absolute atomic E-state index is 10.9. The smallest absolute Gasteiger partial charge is 0.171 e. The molecule has 0 aliphatic carbocycles. The maximum Gasteiger partial charge on any atom is 0.171 e. The lowest BCUT2D eigenvalue weighted by molar-refractivity contribution is -0.426. The second kappa shape index (κ2) is 2.44. The van der Waals surface area contributed by atoms with Crippen molar-refractivity contribution >= 4 is 25.8 Å². The molecule has 0 bridgehead atoms. The second-order valence-corrected chi connectivity index (χ2v) is 6.19. The van der Waals surface area contributed by atoms with Crippen LogP contribution in [0, 0.1) is 0 Å². The Morgan fingerprint density at radius 2 is 2.10 bits per heavy atom. The Labute approximate surface area is 67.5 Å². The topological polar surface area (TPSA) is 82.0 Å². The monoisotopic (exact) mass is 230 g/mol. The molecule has 0 aromatic rings. The third kappa shape index (κ3) is 1.20. The van der Waals surface area contributed by atoms with E-state index in [9.17, 15) is 8.42 Å². The fourth-order valence-electron chi connectivity index (χ4n) is 0.915. The largest absolute Gasteiger partial charge is 0.385 e. The Balaban J connectivity index is 2.93. The number of aliphatic hydroxyl groups is 1. The van der Waals surface area contributed by atoms with Crippen LogP contribution in [0.1, 0.15) is 0 Å². The van der Waals surface area contributed by atoms with Gasteiger partial charge in [-0.2, -0.15) is 0 Å². The van der Waals surface area contributed by atoms with Crippen LogP contribution in [-0.2, 0) is 9.84 Å². The summed E-state index contributed by atoms with van der Waals surface area (Å²) in [6.45, 7) is 0. The zero-order chi connectivity index (χ0) is 7.94. The molecule has 1 aliphatic heterocycles. The van der Waals surface area contributed by atoms with Crippen molar-refractivity contribution in [3.8, 4) is 0 Å². The first-order chi connectivity index (χ1) is 4.45. The fraction of sp³-hybridized carbons (Fsp3) is 1.00. The van der Waals surface area contributed by atoms with Gasteiger partial charge in [-0.05, 0) is 0 Å². The predicted octanol–water partition coefficient (Wildman–Crippen LogP) is -1.89. The van der Waals surface area contributed by atoms with Gasteiger partial charge in [0.25, 0.3) is 0 Å². The Bertz CT molecular complexity index is 227. The Kier molecular flexibility index (Phi) is 2.06. The molecule has 3 atom stereocenters. The third-order valence-corrected chi connectivity index (χ3v) is 5.65. The zero-order valence-electron chi connectivity index (χ0n) is 5.20. The van der Waals surface area contributed by atoms with Crippen LogP contribution in [0.2, 0.25) is 0 Å². The van der Waals surface area contributed by atoms with E-state index in [2.05, 4.69) is 21.7 Å². The minimum Gasteiger partial charge on any atom is -0.385 e. The molecule has 0 aromatic heterocycles. The molecule has 60 valence electrons. The number of quaternary nitrogens is 1. The number of hydrogen-bond acceptors (Lipinski definition) is 3. The molecule has 0 unspecified atom stereocenters. The van der Waals surface area contributed by atoms with Gasteiger partial charge in [-0.3, -0.25) is 0 Å². The van der Waals surface area contributed by atoms with Gasteiger partial charge >= 0.3 is 0 Å². The van der Waals surface area contributed by atoms with Gasteiger partial charge in [0.1, 0.15) is 22.1 Å². The van der Waals surface area contributed by atoms with E-state index < -0.39 is 26.1 Å². The minimum absolute atomic E-state index is 0.0237. The molecule has 0 amide bonds. The van der Waals surface area contributed by atoms with Crippen LogP contribution < -0.4 is 5.73 Å². The first kappa shape index (κ1) is 8.45. The third-order valence-electron chi connectivity index (χ3n) is 1.54. The lowest BCUT2D eigenvalue weighted by Gasteiger charge is -2.04. The van der Waals surface area contributed by atoms with Crippen molar-refractivity contribution in [2.75, 3.05) is 5.75 Å². The average molecular weight is 231 g/mol. The molecule has 1 rings (SSSR count). The quantitative estimate of drug-likeness (QED) is 0.478. The molecule has 10 heavy (non-hydrogen) atoms. The molecule has 0 spiro atoms. The molecule has 4 N–H and O–H groups in total. The summed E-state index contributed by atoms with van der Waals surface area (Å²) in [5, 5.41) is 9.11. The van der Waals surface area contributed by atoms with Crippen molar-refractivity contribution in [2.45, 2.75) is 16.3 Å². The van der Waals surface area contributed by atoms with E-state index in [1.807, 2.05) is 0 Å². The average Bonchev–Trinajstić information content (AvgIpc) is 1.95. The summed E-state index contributed by atoms with van der Waals surface area (Å²) in [6, 6.07) is -0.394. The van der Waals surface area contributed by atoms with Crippen molar-refractivity contribution in [1.82, 2.24) is 0 Å². The van der Waals surface area contributed by atoms with Gasteiger partial charge in [0, 0.05) is 0 Å². The van der Waals surface area contributed by atoms with Crippen LogP contribution in [0.4, 0.5) is 0 Å². The lowest BCUT2D eigenvalue weighted by Crippen LogP contribution is -2.66. The first-order valence-corrected chi connectivity index (χ1v) is 5.45. The van der Waals surface area contributed by atoms with Crippen molar-refractivity contribution in [1.29, 1.82) is 0 Å². The van der Waals surface area contributed by atoms with E-state index in [1.54, 1.807) is 0 Å². The summed E-state index contributed by atoms with van der Waals surface area (Å²) < 4.78 is 21.1. The highest BCUT2D eigenvalue weighted by molar-refractivity contribution is 9.11. The molecule has 0 aromatic carbocycles. The lowest BCUT2D eigenvalue weighted by atomic mass is 10.2. The number of aliphatic hydroxyl groups excluding tert-OH is 1. The molecule has 1 fully saturated rings. The Hall–Kier alpha value is 0.350. The van der Waals surface area contributed by atoms with Crippen molar-refractivity contribution in [2.24, 2.45) is 0 Å². The number of alkyl halides is 1. The van der Waals surface area contributed by atoms with Gasteiger partial charge in [-0.1, -0.05) is 15.9 Å². The van der Waals surface area contributed by atoms with E-state index in [0.29, 0.717) is 0 Å². The summed E-state index contributed by atoms with van der Waals surface area (Å²) in [4.78, 5) is 0. The summed E-state index contributed by atoms with van der Waals surface area (Å²) in [5.41, 5.74) is 3.51. The van der Waals surface area contributed by atoms with Gasteiger partial charge in [0.05, 0.1) is 0 Å². The SMILES string of the molecule is [NH3+][C@H]1CS(=O)(=O)[C@@H](Br)[C@H]1O. The zero-order valence-corrected chi connectivity index (χ0v) is 7.60.